The van der Waals surface area contributed by atoms with Crippen LogP contribution in [0.4, 0.5) is 0 Å². The Hall–Kier alpha value is -1.23. The number of hydrogen-bond acceptors (Lipinski definition) is 4. The predicted octanol–water partition coefficient (Wildman–Crippen LogP) is 1.59. The average molecular weight is 264 g/mol. The monoisotopic (exact) mass is 264 g/mol. The molecule has 1 aliphatic carbocycles. The number of ketones is 1. The minimum atomic E-state index is -1.00. The Morgan fingerprint density at radius 3 is 2.47 bits per heavy atom. The fraction of sp³-hybridized carbons (Fsp3) is 0.533. The maximum atomic E-state index is 12.4. The predicted molar refractivity (Wildman–Crippen MR) is 71.0 cm³/mol. The zero-order valence-corrected chi connectivity index (χ0v) is 11.7. The summed E-state index contributed by atoms with van der Waals surface area (Å²) >= 11 is 0. The lowest BCUT2D eigenvalue weighted by Gasteiger charge is -2.20. The molecule has 104 valence electrons. The molecule has 0 bridgehead atoms. The van der Waals surface area contributed by atoms with Gasteiger partial charge in [-0.1, -0.05) is 6.07 Å². The quantitative estimate of drug-likeness (QED) is 0.758. The van der Waals surface area contributed by atoms with Crippen molar-refractivity contribution in [2.24, 2.45) is 5.41 Å². The van der Waals surface area contributed by atoms with Gasteiger partial charge in [0.15, 0.2) is 5.78 Å². The standard InChI is InChI=1S/C15H20O4/c1-7-5-9-12(8(2)11(7)10(17)6-16)14(19)15(3,4)13(9)18/h5,10,13,16-18H,6H2,1-4H3/t10-,13-/m0/s1. The van der Waals surface area contributed by atoms with E-state index in [9.17, 15) is 15.0 Å². The van der Waals surface area contributed by atoms with Gasteiger partial charge in [0, 0.05) is 5.56 Å². The largest absolute Gasteiger partial charge is 0.393 e. The van der Waals surface area contributed by atoms with Crippen LogP contribution in [0.1, 0.15) is 58.7 Å². The summed E-state index contributed by atoms with van der Waals surface area (Å²) in [5, 5.41) is 29.3. The number of aliphatic hydroxyl groups excluding tert-OH is 3. The number of carbonyl (C=O) groups is 1. The number of carbonyl (C=O) groups excluding carboxylic acids is 1. The van der Waals surface area contributed by atoms with E-state index in [1.54, 1.807) is 26.8 Å². The number of aryl methyl sites for hydroxylation is 1. The van der Waals surface area contributed by atoms with Gasteiger partial charge in [-0.15, -0.1) is 0 Å². The van der Waals surface area contributed by atoms with Gasteiger partial charge in [0.2, 0.25) is 0 Å². The van der Waals surface area contributed by atoms with Gasteiger partial charge in [-0.2, -0.15) is 0 Å². The highest BCUT2D eigenvalue weighted by Gasteiger charge is 2.47. The summed E-state index contributed by atoms with van der Waals surface area (Å²) in [5.74, 6) is -0.112. The zero-order valence-electron chi connectivity index (χ0n) is 11.7. The van der Waals surface area contributed by atoms with Crippen molar-refractivity contribution in [1.82, 2.24) is 0 Å². The number of aliphatic hydroxyl groups is 3. The Balaban J connectivity index is 2.73. The smallest absolute Gasteiger partial charge is 0.172 e. The zero-order chi connectivity index (χ0) is 14.5. The maximum absolute atomic E-state index is 12.4. The highest BCUT2D eigenvalue weighted by molar-refractivity contribution is 6.06. The molecule has 0 aromatic heterocycles. The molecule has 1 aromatic rings. The van der Waals surface area contributed by atoms with Crippen molar-refractivity contribution in [3.63, 3.8) is 0 Å². The Morgan fingerprint density at radius 2 is 1.95 bits per heavy atom. The van der Waals surface area contributed by atoms with E-state index >= 15 is 0 Å². The molecular formula is C15H20O4. The van der Waals surface area contributed by atoms with E-state index in [1.165, 1.54) is 0 Å². The normalized spacial score (nSPS) is 22.5. The number of Topliss-reactive ketones (excluding diaryl/α,β-unsaturated/α-hetero) is 1. The van der Waals surface area contributed by atoms with Gasteiger partial charge in [0.05, 0.1) is 18.1 Å². The fourth-order valence-corrected chi connectivity index (χ4v) is 2.99. The van der Waals surface area contributed by atoms with Crippen LogP contribution in [0.5, 0.6) is 0 Å². The molecule has 0 fully saturated rings. The highest BCUT2D eigenvalue weighted by atomic mass is 16.3. The van der Waals surface area contributed by atoms with E-state index in [0.29, 0.717) is 22.3 Å². The van der Waals surface area contributed by atoms with Crippen molar-refractivity contribution in [3.8, 4) is 0 Å². The number of fused-ring (bicyclic) bond motifs is 1. The molecule has 0 amide bonds. The van der Waals surface area contributed by atoms with Crippen LogP contribution in [-0.4, -0.2) is 27.7 Å². The molecule has 0 spiro atoms. The van der Waals surface area contributed by atoms with E-state index in [0.717, 1.165) is 5.56 Å². The van der Waals surface area contributed by atoms with E-state index in [-0.39, 0.29) is 12.4 Å². The number of benzene rings is 1. The summed E-state index contributed by atoms with van der Waals surface area (Å²) in [6, 6.07) is 1.74. The summed E-state index contributed by atoms with van der Waals surface area (Å²) < 4.78 is 0. The first-order valence-electron chi connectivity index (χ1n) is 6.39. The van der Waals surface area contributed by atoms with Gasteiger partial charge in [-0.3, -0.25) is 4.79 Å². The summed E-state index contributed by atoms with van der Waals surface area (Å²) in [6.45, 7) is 6.62. The molecule has 1 aromatic carbocycles. The average Bonchev–Trinajstić information content (AvgIpc) is 2.51. The molecule has 19 heavy (non-hydrogen) atoms. The van der Waals surface area contributed by atoms with E-state index in [1.807, 2.05) is 6.92 Å². The van der Waals surface area contributed by atoms with Crippen LogP contribution in [0, 0.1) is 19.3 Å². The Morgan fingerprint density at radius 1 is 1.37 bits per heavy atom. The summed E-state index contributed by atoms with van der Waals surface area (Å²) in [7, 11) is 0. The maximum Gasteiger partial charge on any atom is 0.172 e. The first-order valence-corrected chi connectivity index (χ1v) is 6.39. The topological polar surface area (TPSA) is 77.8 Å². The molecule has 2 rings (SSSR count). The summed E-state index contributed by atoms with van der Waals surface area (Å²) in [4.78, 5) is 12.4. The second-order valence-corrected chi connectivity index (χ2v) is 5.85. The molecule has 0 aliphatic heterocycles. The van der Waals surface area contributed by atoms with Crippen molar-refractivity contribution >= 4 is 5.78 Å². The van der Waals surface area contributed by atoms with Gasteiger partial charge in [0.1, 0.15) is 6.10 Å². The van der Waals surface area contributed by atoms with Crippen LogP contribution in [0.15, 0.2) is 6.07 Å². The van der Waals surface area contributed by atoms with Gasteiger partial charge in [0.25, 0.3) is 0 Å². The third-order valence-corrected chi connectivity index (χ3v) is 4.16. The molecule has 3 N–H and O–H groups in total. The molecule has 4 heteroatoms. The van der Waals surface area contributed by atoms with Crippen LogP contribution in [-0.2, 0) is 0 Å². The molecule has 0 radical (unpaired) electrons. The number of rotatable bonds is 2. The minimum Gasteiger partial charge on any atom is -0.393 e. The van der Waals surface area contributed by atoms with Crippen LogP contribution >= 0.6 is 0 Å². The number of hydrogen-bond donors (Lipinski definition) is 3. The molecule has 0 saturated carbocycles. The summed E-state index contributed by atoms with van der Waals surface area (Å²) in [6.07, 6.45) is -1.83. The molecule has 0 unspecified atom stereocenters. The first-order chi connectivity index (χ1) is 8.73. The van der Waals surface area contributed by atoms with Crippen LogP contribution in [0.25, 0.3) is 0 Å². The Kier molecular flexibility index (Phi) is 3.29. The molecule has 0 saturated heterocycles. The van der Waals surface area contributed by atoms with Gasteiger partial charge >= 0.3 is 0 Å². The lowest BCUT2D eigenvalue weighted by Crippen LogP contribution is -2.23. The summed E-state index contributed by atoms with van der Waals surface area (Å²) in [5.41, 5.74) is 2.29. The fourth-order valence-electron chi connectivity index (χ4n) is 2.99. The molecule has 0 heterocycles. The van der Waals surface area contributed by atoms with Crippen LogP contribution in [0.3, 0.4) is 0 Å². The van der Waals surface area contributed by atoms with Gasteiger partial charge in [-0.25, -0.2) is 0 Å². The Bertz CT molecular complexity index is 546. The third-order valence-electron chi connectivity index (χ3n) is 4.16. The minimum absolute atomic E-state index is 0.112. The van der Waals surface area contributed by atoms with E-state index in [2.05, 4.69) is 0 Å². The molecule has 1 aliphatic rings. The van der Waals surface area contributed by atoms with E-state index in [4.69, 9.17) is 5.11 Å². The van der Waals surface area contributed by atoms with Crippen molar-refractivity contribution in [2.45, 2.75) is 39.9 Å². The van der Waals surface area contributed by atoms with Gasteiger partial charge < -0.3 is 15.3 Å². The molecular weight excluding hydrogens is 244 g/mol. The lowest BCUT2D eigenvalue weighted by molar-refractivity contribution is 0.0491. The Labute approximate surface area is 112 Å². The second-order valence-electron chi connectivity index (χ2n) is 5.85. The van der Waals surface area contributed by atoms with Crippen molar-refractivity contribution in [2.75, 3.05) is 6.61 Å². The van der Waals surface area contributed by atoms with Crippen LogP contribution in [0.2, 0.25) is 0 Å². The lowest BCUT2D eigenvalue weighted by atomic mass is 9.86. The molecule has 2 atom stereocenters. The van der Waals surface area contributed by atoms with Crippen molar-refractivity contribution < 1.29 is 20.1 Å². The van der Waals surface area contributed by atoms with Crippen molar-refractivity contribution in [1.29, 1.82) is 0 Å². The second kappa shape index (κ2) is 4.40. The molecule has 4 nitrogen and oxygen atoms in total. The van der Waals surface area contributed by atoms with Crippen molar-refractivity contribution in [3.05, 3.63) is 33.9 Å². The third kappa shape index (κ3) is 1.83. The first kappa shape index (κ1) is 14.2. The SMILES string of the molecule is Cc1cc2c(c(C)c1[C@@H](O)CO)C(=O)C(C)(C)[C@H]2O. The highest BCUT2D eigenvalue weighted by Crippen LogP contribution is 2.47. The van der Waals surface area contributed by atoms with Crippen LogP contribution < -0.4 is 0 Å². The van der Waals surface area contributed by atoms with Gasteiger partial charge in [-0.05, 0) is 49.9 Å². The van der Waals surface area contributed by atoms with E-state index < -0.39 is 17.6 Å².